The number of benzene rings is 1. The van der Waals surface area contributed by atoms with Crippen LogP contribution in [0.3, 0.4) is 0 Å². The Morgan fingerprint density at radius 2 is 2.06 bits per heavy atom. The number of unbranched alkanes of at least 4 members (excludes halogenated alkanes) is 2. The molecule has 90 valence electrons. The zero-order chi connectivity index (χ0) is 12.0. The number of hydrogen-bond acceptors (Lipinski definition) is 2. The van der Waals surface area contributed by atoms with Crippen LogP contribution in [-0.4, -0.2) is 0 Å². The molecule has 0 saturated heterocycles. The molecule has 1 aromatic rings. The first-order valence-corrected chi connectivity index (χ1v) is 7.18. The van der Waals surface area contributed by atoms with Gasteiger partial charge in [0.15, 0.2) is 0 Å². The Labute approximate surface area is 114 Å². The third-order valence-electron chi connectivity index (χ3n) is 2.64. The first kappa shape index (κ1) is 14.2. The first-order chi connectivity index (χ1) is 7.69. The van der Waals surface area contributed by atoms with Crippen molar-refractivity contribution in [1.29, 1.82) is 0 Å². The molecule has 0 fully saturated rings. The van der Waals surface area contributed by atoms with Gasteiger partial charge in [-0.2, -0.15) is 0 Å². The summed E-state index contributed by atoms with van der Waals surface area (Å²) < 4.78 is 2.17. The van der Waals surface area contributed by atoms with E-state index in [1.54, 1.807) is 0 Å². The lowest BCUT2D eigenvalue weighted by molar-refractivity contribution is 0.485. The second-order valence-electron chi connectivity index (χ2n) is 3.88. The predicted molar refractivity (Wildman–Crippen MR) is 76.0 cm³/mol. The summed E-state index contributed by atoms with van der Waals surface area (Å²) in [7, 11) is 0. The van der Waals surface area contributed by atoms with Crippen molar-refractivity contribution in [1.82, 2.24) is 5.43 Å². The number of hydrazine groups is 1. The van der Waals surface area contributed by atoms with Crippen molar-refractivity contribution in [2.45, 2.75) is 38.6 Å². The maximum Gasteiger partial charge on any atom is 0.0471 e. The molecule has 0 heterocycles. The maximum absolute atomic E-state index is 5.61. The summed E-state index contributed by atoms with van der Waals surface area (Å²) in [6.07, 6.45) is 4.77. The molecular weight excluding hydrogens is 332 g/mol. The summed E-state index contributed by atoms with van der Waals surface area (Å²) in [6.45, 7) is 2.21. The van der Waals surface area contributed by atoms with E-state index in [0.717, 1.165) is 15.4 Å². The molecule has 0 aliphatic carbocycles. The summed E-state index contributed by atoms with van der Waals surface area (Å²) >= 11 is 7.02. The standard InChI is InChI=1S/C12H18Br2N2/c1-2-3-4-5-12(16-15)10-7-6-9(13)8-11(10)14/h6-8,12,16H,2-5,15H2,1H3. The van der Waals surface area contributed by atoms with Gasteiger partial charge >= 0.3 is 0 Å². The number of nitrogens with one attached hydrogen (secondary N) is 1. The van der Waals surface area contributed by atoms with Crippen LogP contribution in [-0.2, 0) is 0 Å². The van der Waals surface area contributed by atoms with Crippen molar-refractivity contribution < 1.29 is 0 Å². The van der Waals surface area contributed by atoms with Crippen molar-refractivity contribution in [3.05, 3.63) is 32.7 Å². The van der Waals surface area contributed by atoms with Gasteiger partial charge in [-0.05, 0) is 24.1 Å². The molecule has 0 aromatic heterocycles. The molecule has 2 nitrogen and oxygen atoms in total. The number of hydrogen-bond donors (Lipinski definition) is 2. The molecule has 4 heteroatoms. The highest BCUT2D eigenvalue weighted by Crippen LogP contribution is 2.29. The van der Waals surface area contributed by atoms with E-state index in [0.29, 0.717) is 0 Å². The van der Waals surface area contributed by atoms with Crippen molar-refractivity contribution in [2.24, 2.45) is 5.84 Å². The van der Waals surface area contributed by atoms with Crippen molar-refractivity contribution in [3.8, 4) is 0 Å². The maximum atomic E-state index is 5.61. The molecule has 0 amide bonds. The fraction of sp³-hybridized carbons (Fsp3) is 0.500. The molecule has 16 heavy (non-hydrogen) atoms. The van der Waals surface area contributed by atoms with Crippen LogP contribution in [0.4, 0.5) is 0 Å². The lowest BCUT2D eigenvalue weighted by atomic mass is 10.0. The Hall–Kier alpha value is 0.1000. The molecule has 1 aromatic carbocycles. The Bertz CT molecular complexity index is 329. The average Bonchev–Trinajstić information content (AvgIpc) is 2.26. The van der Waals surface area contributed by atoms with Crippen LogP contribution in [0.5, 0.6) is 0 Å². The van der Waals surface area contributed by atoms with Crippen molar-refractivity contribution >= 4 is 31.9 Å². The lowest BCUT2D eigenvalue weighted by Crippen LogP contribution is -2.28. The quantitative estimate of drug-likeness (QED) is 0.456. The molecule has 0 spiro atoms. The van der Waals surface area contributed by atoms with E-state index in [9.17, 15) is 0 Å². The SMILES string of the molecule is CCCCCC(NN)c1ccc(Br)cc1Br. The summed E-state index contributed by atoms with van der Waals surface area (Å²) in [6, 6.07) is 6.43. The highest BCUT2D eigenvalue weighted by molar-refractivity contribution is 9.11. The van der Waals surface area contributed by atoms with Gasteiger partial charge in [0.05, 0.1) is 0 Å². The van der Waals surface area contributed by atoms with Gasteiger partial charge in [-0.3, -0.25) is 11.3 Å². The molecule has 0 saturated carbocycles. The smallest absolute Gasteiger partial charge is 0.0471 e. The fourth-order valence-electron chi connectivity index (χ4n) is 1.71. The number of rotatable bonds is 6. The minimum Gasteiger partial charge on any atom is -0.271 e. The average molecular weight is 350 g/mol. The summed E-state index contributed by atoms with van der Waals surface area (Å²) in [5, 5.41) is 0. The van der Waals surface area contributed by atoms with Gasteiger partial charge in [-0.15, -0.1) is 0 Å². The first-order valence-electron chi connectivity index (χ1n) is 5.60. The zero-order valence-corrected chi connectivity index (χ0v) is 12.6. The minimum atomic E-state index is 0.231. The normalized spacial score (nSPS) is 12.8. The van der Waals surface area contributed by atoms with Crippen LogP contribution in [0.25, 0.3) is 0 Å². The van der Waals surface area contributed by atoms with Gasteiger partial charge in [0.1, 0.15) is 0 Å². The highest BCUT2D eigenvalue weighted by atomic mass is 79.9. The zero-order valence-electron chi connectivity index (χ0n) is 9.47. The fourth-order valence-corrected chi connectivity index (χ4v) is 3.03. The lowest BCUT2D eigenvalue weighted by Gasteiger charge is -2.17. The van der Waals surface area contributed by atoms with Gasteiger partial charge in [0.25, 0.3) is 0 Å². The molecule has 1 unspecified atom stereocenters. The Balaban J connectivity index is 2.70. The summed E-state index contributed by atoms with van der Waals surface area (Å²) in [5.74, 6) is 5.61. The molecule has 0 aliphatic rings. The van der Waals surface area contributed by atoms with Crippen LogP contribution in [0.2, 0.25) is 0 Å². The largest absolute Gasteiger partial charge is 0.271 e. The van der Waals surface area contributed by atoms with E-state index < -0.39 is 0 Å². The third kappa shape index (κ3) is 4.17. The molecule has 3 N–H and O–H groups in total. The number of halogens is 2. The summed E-state index contributed by atoms with van der Waals surface area (Å²) in [5.41, 5.74) is 4.12. The topological polar surface area (TPSA) is 38.0 Å². The van der Waals surface area contributed by atoms with E-state index in [2.05, 4.69) is 56.3 Å². The molecular formula is C12H18Br2N2. The second kappa shape index (κ2) is 7.43. The van der Waals surface area contributed by atoms with E-state index in [1.807, 2.05) is 6.07 Å². The molecule has 1 atom stereocenters. The Morgan fingerprint density at radius 1 is 1.31 bits per heavy atom. The molecule has 1 rings (SSSR count). The van der Waals surface area contributed by atoms with Gasteiger partial charge < -0.3 is 0 Å². The monoisotopic (exact) mass is 348 g/mol. The highest BCUT2D eigenvalue weighted by Gasteiger charge is 2.12. The van der Waals surface area contributed by atoms with Crippen LogP contribution >= 0.6 is 31.9 Å². The number of nitrogens with two attached hydrogens (primary N) is 1. The van der Waals surface area contributed by atoms with Crippen LogP contribution in [0, 0.1) is 0 Å². The molecule has 0 bridgehead atoms. The van der Waals surface area contributed by atoms with E-state index in [1.165, 1.54) is 24.8 Å². The van der Waals surface area contributed by atoms with Crippen molar-refractivity contribution in [3.63, 3.8) is 0 Å². The van der Waals surface area contributed by atoms with Crippen molar-refractivity contribution in [2.75, 3.05) is 0 Å². The molecule has 0 radical (unpaired) electrons. The van der Waals surface area contributed by atoms with E-state index >= 15 is 0 Å². The minimum absolute atomic E-state index is 0.231. The predicted octanol–water partition coefficient (Wildman–Crippen LogP) is 4.30. The summed E-state index contributed by atoms with van der Waals surface area (Å²) in [4.78, 5) is 0. The van der Waals surface area contributed by atoms with Crippen LogP contribution < -0.4 is 11.3 Å². The van der Waals surface area contributed by atoms with Crippen LogP contribution in [0.15, 0.2) is 27.1 Å². The Kier molecular flexibility index (Phi) is 6.58. The molecule has 0 aliphatic heterocycles. The van der Waals surface area contributed by atoms with E-state index in [-0.39, 0.29) is 6.04 Å². The Morgan fingerprint density at radius 3 is 2.62 bits per heavy atom. The van der Waals surface area contributed by atoms with Gasteiger partial charge in [0, 0.05) is 15.0 Å². The van der Waals surface area contributed by atoms with Crippen LogP contribution in [0.1, 0.15) is 44.2 Å². The van der Waals surface area contributed by atoms with Gasteiger partial charge in [-0.1, -0.05) is 64.1 Å². The third-order valence-corrected chi connectivity index (χ3v) is 3.82. The van der Waals surface area contributed by atoms with Gasteiger partial charge in [-0.25, -0.2) is 0 Å². The second-order valence-corrected chi connectivity index (χ2v) is 5.65. The van der Waals surface area contributed by atoms with Gasteiger partial charge in [0.2, 0.25) is 0 Å². The van der Waals surface area contributed by atoms with E-state index in [4.69, 9.17) is 5.84 Å².